The maximum absolute atomic E-state index is 13.1. The Balaban J connectivity index is 1.47. The van der Waals surface area contributed by atoms with Crippen molar-refractivity contribution in [2.24, 2.45) is 0 Å². The second-order valence-electron chi connectivity index (χ2n) is 10.6. The van der Waals surface area contributed by atoms with E-state index in [2.05, 4.69) is 45.9 Å². The highest BCUT2D eigenvalue weighted by atomic mass is 28.3. The number of rotatable bonds is 9. The molecular formula is C26H35N5O6Si. The fourth-order valence-electron chi connectivity index (χ4n) is 4.01. The highest BCUT2D eigenvalue weighted by Gasteiger charge is 2.37. The van der Waals surface area contributed by atoms with Crippen molar-refractivity contribution in [3.8, 4) is 17.5 Å². The average Bonchev–Trinajstić information content (AvgIpc) is 3.19. The number of hydrogen-bond acceptors (Lipinski definition) is 10. The molecule has 0 aliphatic carbocycles. The standard InChI is InChI=1S/C26H35N5O6Si/c1-15-9-10-17(38(6,7)8)11-19(15)36-20-12-18(32)22(37-20)23(33)27-21-24(34-4)28-26(29-25(21)35-5)31-13-16(14-31)30(2)3/h9-12,16,22H,13-14H2,1-8H3,(H,27,33). The third kappa shape index (κ3) is 5.60. The summed E-state index contributed by atoms with van der Waals surface area (Å²) in [6.07, 6.45) is -0.250. The van der Waals surface area contributed by atoms with Gasteiger partial charge in [0, 0.05) is 19.1 Å². The zero-order chi connectivity index (χ0) is 27.8. The van der Waals surface area contributed by atoms with Gasteiger partial charge in [0.1, 0.15) is 5.75 Å². The molecule has 0 spiro atoms. The lowest BCUT2D eigenvalue weighted by atomic mass is 10.1. The van der Waals surface area contributed by atoms with Gasteiger partial charge in [0.2, 0.25) is 29.6 Å². The number of ketones is 1. The van der Waals surface area contributed by atoms with Crippen LogP contribution in [0, 0.1) is 6.92 Å². The lowest BCUT2D eigenvalue weighted by Gasteiger charge is -2.42. The van der Waals surface area contributed by atoms with Gasteiger partial charge in [0.25, 0.3) is 11.9 Å². The first-order chi connectivity index (χ1) is 17.9. The second kappa shape index (κ2) is 10.6. The molecule has 2 aliphatic rings. The highest BCUT2D eigenvalue weighted by Crippen LogP contribution is 2.35. The number of amides is 1. The Morgan fingerprint density at radius 1 is 1.13 bits per heavy atom. The van der Waals surface area contributed by atoms with Gasteiger partial charge in [0.15, 0.2) is 5.69 Å². The van der Waals surface area contributed by atoms with Crippen molar-refractivity contribution >= 4 is 36.6 Å². The predicted molar refractivity (Wildman–Crippen MR) is 146 cm³/mol. The summed E-state index contributed by atoms with van der Waals surface area (Å²) >= 11 is 0. The zero-order valence-electron chi connectivity index (χ0n) is 23.1. The lowest BCUT2D eigenvalue weighted by Crippen LogP contribution is -2.58. The number of likely N-dealkylation sites (N-methyl/N-ethyl adjacent to an activating group) is 1. The van der Waals surface area contributed by atoms with Gasteiger partial charge in [-0.05, 0) is 32.6 Å². The van der Waals surface area contributed by atoms with E-state index in [4.69, 9.17) is 18.9 Å². The molecule has 1 atom stereocenters. The van der Waals surface area contributed by atoms with Crippen molar-refractivity contribution in [1.29, 1.82) is 0 Å². The molecule has 1 fully saturated rings. The molecule has 3 heterocycles. The second-order valence-corrected chi connectivity index (χ2v) is 15.7. The normalized spacial score (nSPS) is 17.6. The molecule has 0 radical (unpaired) electrons. The smallest absolute Gasteiger partial charge is 0.289 e. The first-order valence-corrected chi connectivity index (χ1v) is 15.8. The number of carbonyl (C=O) groups excluding carboxylic acids is 2. The van der Waals surface area contributed by atoms with E-state index in [1.54, 1.807) is 0 Å². The van der Waals surface area contributed by atoms with Gasteiger partial charge >= 0.3 is 0 Å². The molecule has 2 aromatic rings. The van der Waals surface area contributed by atoms with Crippen molar-refractivity contribution in [1.82, 2.24) is 14.9 Å². The van der Waals surface area contributed by atoms with Crippen LogP contribution in [-0.4, -0.2) is 88.2 Å². The summed E-state index contributed by atoms with van der Waals surface area (Å²) in [5, 5.41) is 3.84. The van der Waals surface area contributed by atoms with Crippen LogP contribution in [0.2, 0.25) is 19.6 Å². The number of ether oxygens (including phenoxy) is 4. The Hall–Kier alpha value is -3.64. The van der Waals surface area contributed by atoms with Crippen molar-refractivity contribution < 1.29 is 28.5 Å². The molecule has 1 N–H and O–H groups in total. The van der Waals surface area contributed by atoms with Crippen molar-refractivity contribution in [3.05, 3.63) is 35.8 Å². The van der Waals surface area contributed by atoms with E-state index in [0.29, 0.717) is 17.7 Å². The van der Waals surface area contributed by atoms with Gasteiger partial charge in [0.05, 0.1) is 28.4 Å². The quantitative estimate of drug-likeness (QED) is 0.373. The fourth-order valence-corrected chi connectivity index (χ4v) is 5.16. The van der Waals surface area contributed by atoms with E-state index in [1.807, 2.05) is 38.1 Å². The average molecular weight is 542 g/mol. The maximum Gasteiger partial charge on any atom is 0.289 e. The molecule has 1 unspecified atom stereocenters. The van der Waals surface area contributed by atoms with Gasteiger partial charge < -0.3 is 34.1 Å². The van der Waals surface area contributed by atoms with Gasteiger partial charge in [-0.1, -0.05) is 37.0 Å². The number of benzene rings is 1. The lowest BCUT2D eigenvalue weighted by molar-refractivity contribution is -0.134. The molecule has 1 amide bonds. The molecule has 2 aliphatic heterocycles. The molecule has 1 aromatic heterocycles. The third-order valence-corrected chi connectivity index (χ3v) is 8.64. The number of anilines is 2. The molecule has 12 heteroatoms. The van der Waals surface area contributed by atoms with Gasteiger partial charge in [-0.2, -0.15) is 9.97 Å². The van der Waals surface area contributed by atoms with Crippen LogP contribution in [0.4, 0.5) is 11.6 Å². The summed E-state index contributed by atoms with van der Waals surface area (Å²) in [6, 6.07) is 6.44. The number of nitrogens with zero attached hydrogens (tertiary/aromatic N) is 4. The summed E-state index contributed by atoms with van der Waals surface area (Å²) in [6.45, 7) is 10.1. The number of aromatic nitrogens is 2. The highest BCUT2D eigenvalue weighted by molar-refractivity contribution is 6.88. The van der Waals surface area contributed by atoms with Crippen LogP contribution in [0.5, 0.6) is 17.5 Å². The first kappa shape index (κ1) is 27.4. The Labute approximate surface area is 223 Å². The van der Waals surface area contributed by atoms with E-state index in [9.17, 15) is 9.59 Å². The predicted octanol–water partition coefficient (Wildman–Crippen LogP) is 1.92. The third-order valence-electron chi connectivity index (χ3n) is 6.60. The minimum Gasteiger partial charge on any atom is -0.479 e. The SMILES string of the molecule is COc1nc(N2CC(N(C)C)C2)nc(OC)c1NC(=O)C1OC(Oc2cc([Si](C)(C)C)ccc2C)=CC1=O. The number of methoxy groups -OCH3 is 2. The fraction of sp³-hybridized carbons (Fsp3) is 0.462. The van der Waals surface area contributed by atoms with Crippen LogP contribution in [0.1, 0.15) is 5.56 Å². The molecular weight excluding hydrogens is 506 g/mol. The Morgan fingerprint density at radius 2 is 1.76 bits per heavy atom. The molecule has 11 nitrogen and oxygen atoms in total. The number of carbonyl (C=O) groups is 2. The van der Waals surface area contributed by atoms with Crippen LogP contribution >= 0.6 is 0 Å². The molecule has 1 saturated heterocycles. The molecule has 0 bridgehead atoms. The van der Waals surface area contributed by atoms with E-state index in [1.165, 1.54) is 25.5 Å². The van der Waals surface area contributed by atoms with Crippen molar-refractivity contribution in [2.45, 2.75) is 38.7 Å². The number of nitrogens with one attached hydrogen (secondary N) is 1. The van der Waals surface area contributed by atoms with Crippen LogP contribution in [0.15, 0.2) is 30.2 Å². The van der Waals surface area contributed by atoms with E-state index in [0.717, 1.165) is 18.7 Å². The molecule has 204 valence electrons. The van der Waals surface area contributed by atoms with Crippen molar-refractivity contribution in [2.75, 3.05) is 51.6 Å². The zero-order valence-corrected chi connectivity index (χ0v) is 24.1. The van der Waals surface area contributed by atoms with Crippen LogP contribution in [-0.2, 0) is 14.3 Å². The van der Waals surface area contributed by atoms with E-state index < -0.39 is 25.9 Å². The van der Waals surface area contributed by atoms with E-state index in [-0.39, 0.29) is 23.4 Å². The monoisotopic (exact) mass is 541 g/mol. The van der Waals surface area contributed by atoms with Crippen molar-refractivity contribution in [3.63, 3.8) is 0 Å². The largest absolute Gasteiger partial charge is 0.479 e. The Morgan fingerprint density at radius 3 is 2.32 bits per heavy atom. The summed E-state index contributed by atoms with van der Waals surface area (Å²) in [5.74, 6) is -0.0607. The Kier molecular flexibility index (Phi) is 7.65. The summed E-state index contributed by atoms with van der Waals surface area (Å²) in [5.41, 5.74) is 1.00. The van der Waals surface area contributed by atoms with Gasteiger partial charge in [-0.15, -0.1) is 0 Å². The number of hydrogen-bond donors (Lipinski definition) is 1. The Bertz CT molecular complexity index is 1240. The summed E-state index contributed by atoms with van der Waals surface area (Å²) in [4.78, 5) is 38.8. The summed E-state index contributed by atoms with van der Waals surface area (Å²) in [7, 11) is 5.32. The van der Waals surface area contributed by atoms with Gasteiger partial charge in [-0.25, -0.2) is 0 Å². The van der Waals surface area contributed by atoms with E-state index >= 15 is 0 Å². The molecule has 1 aromatic carbocycles. The molecule has 4 rings (SSSR count). The molecule has 0 saturated carbocycles. The van der Waals surface area contributed by atoms with Crippen LogP contribution in [0.3, 0.4) is 0 Å². The first-order valence-electron chi connectivity index (χ1n) is 12.3. The van der Waals surface area contributed by atoms with Gasteiger partial charge in [-0.3, -0.25) is 9.59 Å². The maximum atomic E-state index is 13.1. The van der Waals surface area contributed by atoms with Crippen LogP contribution < -0.4 is 29.6 Å². The topological polar surface area (TPSA) is 115 Å². The van der Waals surface area contributed by atoms with Crippen LogP contribution in [0.25, 0.3) is 0 Å². The minimum atomic E-state index is -1.58. The number of aryl methyl sites for hydroxylation is 1. The molecule has 38 heavy (non-hydrogen) atoms. The summed E-state index contributed by atoms with van der Waals surface area (Å²) < 4.78 is 22.4. The minimum absolute atomic E-state index is 0.0373.